The minimum Gasteiger partial charge on any atom is -0.444 e. The van der Waals surface area contributed by atoms with Gasteiger partial charge < -0.3 is 9.73 Å². The van der Waals surface area contributed by atoms with Crippen LogP contribution < -0.4 is 10.0 Å². The molecular formula is C21H20N4O4S. The molecule has 2 N–H and O–H groups in total. The van der Waals surface area contributed by atoms with Crippen LogP contribution in [-0.2, 0) is 21.2 Å². The minimum atomic E-state index is -3.75. The smallest absolute Gasteiger partial charge is 0.262 e. The molecule has 154 valence electrons. The number of amidine groups is 1. The van der Waals surface area contributed by atoms with Gasteiger partial charge in [0.2, 0.25) is 11.8 Å². The monoisotopic (exact) mass is 424 g/mol. The van der Waals surface area contributed by atoms with Gasteiger partial charge in [0.25, 0.3) is 10.0 Å². The molecule has 0 spiro atoms. The van der Waals surface area contributed by atoms with E-state index in [1.165, 1.54) is 18.4 Å². The normalized spacial score (nSPS) is 13.7. The average molecular weight is 424 g/mol. The maximum atomic E-state index is 12.5. The highest BCUT2D eigenvalue weighted by molar-refractivity contribution is 7.90. The molecule has 0 saturated carbocycles. The fraction of sp³-hybridized carbons (Fsp3) is 0.190. The zero-order chi connectivity index (χ0) is 21.0. The van der Waals surface area contributed by atoms with Crippen molar-refractivity contribution in [1.29, 1.82) is 0 Å². The molecule has 0 saturated heterocycles. The molecule has 1 amide bonds. The standard InChI is InChI=1S/C21H20N4O4S/c26-20(13-17-14-29-21(24-17)15-6-2-1-3-7-15)23-16-8-4-9-18(12-16)30(27,28)25-19-10-5-11-22-19/h1-4,6-9,12,14H,5,10-11,13H2,(H,22,25)(H,23,26). The molecule has 1 aliphatic rings. The molecule has 2 heterocycles. The number of aliphatic imine (C=N–C) groups is 1. The van der Waals surface area contributed by atoms with E-state index in [0.29, 0.717) is 36.1 Å². The van der Waals surface area contributed by atoms with Crippen molar-refractivity contribution in [2.24, 2.45) is 4.99 Å². The summed E-state index contributed by atoms with van der Waals surface area (Å²) in [6, 6.07) is 15.5. The molecule has 0 atom stereocenters. The van der Waals surface area contributed by atoms with Gasteiger partial charge in [-0.25, -0.2) is 13.4 Å². The molecule has 0 bridgehead atoms. The molecule has 0 radical (unpaired) electrons. The Morgan fingerprint density at radius 3 is 2.70 bits per heavy atom. The van der Waals surface area contributed by atoms with Crippen molar-refractivity contribution in [2.45, 2.75) is 24.2 Å². The number of hydrogen-bond acceptors (Lipinski definition) is 6. The number of nitrogens with zero attached hydrogens (tertiary/aromatic N) is 2. The van der Waals surface area contributed by atoms with Crippen molar-refractivity contribution in [3.8, 4) is 11.5 Å². The van der Waals surface area contributed by atoms with E-state index in [4.69, 9.17) is 4.42 Å². The van der Waals surface area contributed by atoms with E-state index < -0.39 is 10.0 Å². The van der Waals surface area contributed by atoms with Crippen molar-refractivity contribution in [3.63, 3.8) is 0 Å². The first-order chi connectivity index (χ1) is 14.5. The van der Waals surface area contributed by atoms with Crippen molar-refractivity contribution in [2.75, 3.05) is 11.9 Å². The maximum Gasteiger partial charge on any atom is 0.262 e. The van der Waals surface area contributed by atoms with E-state index in [9.17, 15) is 13.2 Å². The van der Waals surface area contributed by atoms with Crippen LogP contribution in [0, 0.1) is 0 Å². The first kappa shape index (κ1) is 19.8. The van der Waals surface area contributed by atoms with Crippen molar-refractivity contribution >= 4 is 27.5 Å². The highest BCUT2D eigenvalue weighted by Crippen LogP contribution is 2.19. The Balaban J connectivity index is 1.41. The van der Waals surface area contributed by atoms with Gasteiger partial charge in [-0.2, -0.15) is 0 Å². The van der Waals surface area contributed by atoms with Crippen LogP contribution in [0.3, 0.4) is 0 Å². The van der Waals surface area contributed by atoms with Gasteiger partial charge in [0.05, 0.1) is 17.0 Å². The van der Waals surface area contributed by atoms with E-state index in [-0.39, 0.29) is 17.2 Å². The predicted molar refractivity (Wildman–Crippen MR) is 113 cm³/mol. The Kier molecular flexibility index (Phi) is 5.62. The second-order valence-electron chi connectivity index (χ2n) is 6.80. The van der Waals surface area contributed by atoms with Gasteiger partial charge in [-0.05, 0) is 36.8 Å². The van der Waals surface area contributed by atoms with Crippen LogP contribution in [0.5, 0.6) is 0 Å². The summed E-state index contributed by atoms with van der Waals surface area (Å²) in [5.74, 6) is 0.572. The van der Waals surface area contributed by atoms with Crippen LogP contribution >= 0.6 is 0 Å². The predicted octanol–water partition coefficient (Wildman–Crippen LogP) is 2.99. The molecule has 0 unspecified atom stereocenters. The molecule has 3 aromatic rings. The van der Waals surface area contributed by atoms with Crippen LogP contribution in [-0.4, -0.2) is 31.7 Å². The van der Waals surface area contributed by atoms with Crippen LogP contribution in [0.4, 0.5) is 5.69 Å². The van der Waals surface area contributed by atoms with E-state index in [1.807, 2.05) is 30.3 Å². The van der Waals surface area contributed by atoms with Gasteiger partial charge in [-0.3, -0.25) is 14.5 Å². The highest BCUT2D eigenvalue weighted by atomic mass is 32.2. The molecule has 9 heteroatoms. The molecule has 2 aromatic carbocycles. The zero-order valence-corrected chi connectivity index (χ0v) is 16.9. The Hall–Kier alpha value is -3.46. The Bertz CT molecular complexity index is 1190. The van der Waals surface area contributed by atoms with Crippen molar-refractivity contribution < 1.29 is 17.6 Å². The average Bonchev–Trinajstić information content (AvgIpc) is 3.41. The number of benzene rings is 2. The number of amides is 1. The number of aromatic nitrogens is 1. The van der Waals surface area contributed by atoms with Crippen LogP contribution in [0.25, 0.3) is 11.5 Å². The fourth-order valence-electron chi connectivity index (χ4n) is 3.05. The van der Waals surface area contributed by atoms with Crippen molar-refractivity contribution in [3.05, 3.63) is 66.6 Å². The van der Waals surface area contributed by atoms with Crippen LogP contribution in [0.1, 0.15) is 18.5 Å². The first-order valence-corrected chi connectivity index (χ1v) is 10.9. The molecule has 0 aliphatic carbocycles. The number of anilines is 1. The lowest BCUT2D eigenvalue weighted by Gasteiger charge is -2.10. The Labute approximate surface area is 174 Å². The van der Waals surface area contributed by atoms with E-state index in [2.05, 4.69) is 20.0 Å². The summed E-state index contributed by atoms with van der Waals surface area (Å²) in [4.78, 5) is 20.9. The number of carbonyl (C=O) groups excluding carboxylic acids is 1. The lowest BCUT2D eigenvalue weighted by Crippen LogP contribution is -2.29. The van der Waals surface area contributed by atoms with Gasteiger partial charge in [0.1, 0.15) is 12.1 Å². The van der Waals surface area contributed by atoms with Crippen LogP contribution in [0.15, 0.2) is 75.2 Å². The number of nitrogens with one attached hydrogen (secondary N) is 2. The Morgan fingerprint density at radius 2 is 1.93 bits per heavy atom. The van der Waals surface area contributed by atoms with Gasteiger partial charge in [-0.1, -0.05) is 24.3 Å². The largest absolute Gasteiger partial charge is 0.444 e. The SMILES string of the molecule is O=C(Cc1coc(-c2ccccc2)n1)Nc1cccc(S(=O)(=O)NC2=NCCC2)c1. The summed E-state index contributed by atoms with van der Waals surface area (Å²) in [7, 11) is -3.75. The molecule has 1 aromatic heterocycles. The molecular weight excluding hydrogens is 404 g/mol. The third-order valence-corrected chi connectivity index (χ3v) is 5.85. The molecule has 4 rings (SSSR count). The summed E-state index contributed by atoms with van der Waals surface area (Å²) >= 11 is 0. The summed E-state index contributed by atoms with van der Waals surface area (Å²) in [5.41, 5.74) is 1.68. The van der Waals surface area contributed by atoms with Gasteiger partial charge >= 0.3 is 0 Å². The number of carbonyl (C=O) groups is 1. The molecule has 8 nitrogen and oxygen atoms in total. The third-order valence-electron chi connectivity index (χ3n) is 4.47. The summed E-state index contributed by atoms with van der Waals surface area (Å²) in [5, 5.41) is 2.70. The Morgan fingerprint density at radius 1 is 1.10 bits per heavy atom. The number of sulfonamides is 1. The van der Waals surface area contributed by atoms with Gasteiger partial charge in [0, 0.05) is 24.2 Å². The van der Waals surface area contributed by atoms with Gasteiger partial charge in [0.15, 0.2) is 0 Å². The second kappa shape index (κ2) is 8.50. The minimum absolute atomic E-state index is 0.00235. The summed E-state index contributed by atoms with van der Waals surface area (Å²) in [6.45, 7) is 0.627. The van der Waals surface area contributed by atoms with E-state index >= 15 is 0 Å². The van der Waals surface area contributed by atoms with E-state index in [0.717, 1.165) is 12.0 Å². The maximum absolute atomic E-state index is 12.5. The summed E-state index contributed by atoms with van der Waals surface area (Å²) < 4.78 is 33.0. The third kappa shape index (κ3) is 4.74. The highest BCUT2D eigenvalue weighted by Gasteiger charge is 2.19. The first-order valence-electron chi connectivity index (χ1n) is 9.45. The number of oxazole rings is 1. The number of hydrogen-bond donors (Lipinski definition) is 2. The lowest BCUT2D eigenvalue weighted by atomic mass is 10.2. The van der Waals surface area contributed by atoms with Gasteiger partial charge in [-0.15, -0.1) is 0 Å². The second-order valence-corrected chi connectivity index (χ2v) is 8.48. The molecule has 0 fully saturated rings. The molecule has 30 heavy (non-hydrogen) atoms. The summed E-state index contributed by atoms with van der Waals surface area (Å²) in [6.07, 6.45) is 2.89. The van der Waals surface area contributed by atoms with Crippen molar-refractivity contribution in [1.82, 2.24) is 9.71 Å². The van der Waals surface area contributed by atoms with E-state index in [1.54, 1.807) is 12.1 Å². The topological polar surface area (TPSA) is 114 Å². The zero-order valence-electron chi connectivity index (χ0n) is 16.0. The lowest BCUT2D eigenvalue weighted by molar-refractivity contribution is -0.115. The molecule has 1 aliphatic heterocycles. The quantitative estimate of drug-likeness (QED) is 0.631. The number of rotatable bonds is 6. The van der Waals surface area contributed by atoms with Crippen LogP contribution in [0.2, 0.25) is 0 Å². The fourth-order valence-corrected chi connectivity index (χ4v) is 4.18.